The van der Waals surface area contributed by atoms with E-state index in [0.29, 0.717) is 12.3 Å². The third-order valence-corrected chi connectivity index (χ3v) is 3.78. The Morgan fingerprint density at radius 1 is 0.870 bits per heavy atom. The molecule has 0 fully saturated rings. The molecular formula is C20H19NO2. The van der Waals surface area contributed by atoms with Crippen LogP contribution in [0, 0.1) is 0 Å². The molecule has 0 bridgehead atoms. The fourth-order valence-corrected chi connectivity index (χ4v) is 2.51. The number of hydrogen-bond donors (Lipinski definition) is 2. The molecule has 3 aromatic rings. The highest BCUT2D eigenvalue weighted by molar-refractivity contribution is 5.71. The van der Waals surface area contributed by atoms with Crippen LogP contribution in [0.3, 0.4) is 0 Å². The van der Waals surface area contributed by atoms with Crippen LogP contribution in [0.15, 0.2) is 72.8 Å². The molecule has 0 radical (unpaired) electrons. The number of hydrogen-bond acceptors (Lipinski definition) is 3. The molecule has 3 rings (SSSR count). The smallest absolute Gasteiger partial charge is 0.126 e. The number of methoxy groups -OCH3 is 1. The van der Waals surface area contributed by atoms with Gasteiger partial charge < -0.3 is 15.2 Å². The first kappa shape index (κ1) is 15.0. The topological polar surface area (TPSA) is 41.5 Å². The quantitative estimate of drug-likeness (QED) is 0.719. The summed E-state index contributed by atoms with van der Waals surface area (Å²) in [5.41, 5.74) is 4.06. The number of anilines is 1. The number of phenolic OH excluding ortho intramolecular Hbond substituents is 1. The maximum Gasteiger partial charge on any atom is 0.126 e. The number of ether oxygens (including phenoxy) is 1. The lowest BCUT2D eigenvalue weighted by Gasteiger charge is -2.11. The predicted octanol–water partition coefficient (Wildman–Crippen LogP) is 4.68. The fourth-order valence-electron chi connectivity index (χ4n) is 2.51. The van der Waals surface area contributed by atoms with Gasteiger partial charge in [-0.2, -0.15) is 0 Å². The van der Waals surface area contributed by atoms with Crippen molar-refractivity contribution in [2.75, 3.05) is 12.4 Å². The summed E-state index contributed by atoms with van der Waals surface area (Å²) >= 11 is 0. The molecule has 0 amide bonds. The average molecular weight is 305 g/mol. The van der Waals surface area contributed by atoms with Crippen LogP contribution in [0.25, 0.3) is 11.1 Å². The minimum absolute atomic E-state index is 0.311. The van der Waals surface area contributed by atoms with Crippen molar-refractivity contribution in [1.82, 2.24) is 0 Å². The molecule has 3 nitrogen and oxygen atoms in total. The van der Waals surface area contributed by atoms with Crippen molar-refractivity contribution >= 4 is 5.69 Å². The van der Waals surface area contributed by atoms with Crippen LogP contribution in [0.4, 0.5) is 5.69 Å². The zero-order valence-electron chi connectivity index (χ0n) is 13.0. The molecule has 0 aliphatic carbocycles. The monoisotopic (exact) mass is 305 g/mol. The summed E-state index contributed by atoms with van der Waals surface area (Å²) < 4.78 is 5.41. The van der Waals surface area contributed by atoms with Crippen LogP contribution < -0.4 is 10.1 Å². The summed E-state index contributed by atoms with van der Waals surface area (Å²) in [6, 6.07) is 23.5. The minimum Gasteiger partial charge on any atom is -0.508 e. The summed E-state index contributed by atoms with van der Waals surface area (Å²) in [6.07, 6.45) is 0. The molecule has 0 spiro atoms. The van der Waals surface area contributed by atoms with E-state index in [1.807, 2.05) is 54.6 Å². The summed E-state index contributed by atoms with van der Waals surface area (Å²) in [7, 11) is 1.68. The minimum atomic E-state index is 0.311. The molecule has 0 aliphatic heterocycles. The number of rotatable bonds is 5. The largest absolute Gasteiger partial charge is 0.508 e. The molecule has 0 atom stereocenters. The van der Waals surface area contributed by atoms with Gasteiger partial charge in [-0.15, -0.1) is 0 Å². The van der Waals surface area contributed by atoms with E-state index in [4.69, 9.17) is 4.74 Å². The van der Waals surface area contributed by atoms with E-state index in [2.05, 4.69) is 17.4 Å². The van der Waals surface area contributed by atoms with Crippen molar-refractivity contribution < 1.29 is 9.84 Å². The first-order valence-electron chi connectivity index (χ1n) is 7.52. The number of phenols is 1. The van der Waals surface area contributed by atoms with Gasteiger partial charge in [-0.3, -0.25) is 0 Å². The van der Waals surface area contributed by atoms with Gasteiger partial charge in [0.05, 0.1) is 7.11 Å². The Morgan fingerprint density at radius 2 is 1.57 bits per heavy atom. The van der Waals surface area contributed by atoms with E-state index in [0.717, 1.165) is 28.1 Å². The molecule has 0 heterocycles. The van der Waals surface area contributed by atoms with E-state index in [1.54, 1.807) is 13.2 Å². The molecule has 116 valence electrons. The van der Waals surface area contributed by atoms with Crippen LogP contribution in [0.1, 0.15) is 5.56 Å². The lowest BCUT2D eigenvalue weighted by Crippen LogP contribution is -1.99. The summed E-state index contributed by atoms with van der Waals surface area (Å²) in [4.78, 5) is 0. The Kier molecular flexibility index (Phi) is 4.48. The van der Waals surface area contributed by atoms with Crippen molar-refractivity contribution in [2.24, 2.45) is 0 Å². The maximum absolute atomic E-state index is 9.79. The highest BCUT2D eigenvalue weighted by Gasteiger charge is 2.05. The number of para-hydroxylation sites is 2. The normalized spacial score (nSPS) is 10.3. The van der Waals surface area contributed by atoms with Gasteiger partial charge >= 0.3 is 0 Å². The first-order chi connectivity index (χ1) is 11.3. The van der Waals surface area contributed by atoms with Crippen LogP contribution in [0.2, 0.25) is 0 Å². The Bertz CT molecular complexity index is 782. The van der Waals surface area contributed by atoms with Crippen molar-refractivity contribution in [3.05, 3.63) is 78.4 Å². The molecule has 0 saturated heterocycles. The van der Waals surface area contributed by atoms with E-state index < -0.39 is 0 Å². The van der Waals surface area contributed by atoms with Gasteiger partial charge in [0.2, 0.25) is 0 Å². The van der Waals surface area contributed by atoms with Crippen LogP contribution in [0.5, 0.6) is 11.5 Å². The Hall–Kier alpha value is -2.94. The highest BCUT2D eigenvalue weighted by Crippen LogP contribution is 2.30. The van der Waals surface area contributed by atoms with E-state index >= 15 is 0 Å². The lowest BCUT2D eigenvalue weighted by atomic mass is 10.0. The second kappa shape index (κ2) is 6.88. The summed E-state index contributed by atoms with van der Waals surface area (Å²) in [6.45, 7) is 0.584. The van der Waals surface area contributed by atoms with Gasteiger partial charge in [-0.25, -0.2) is 0 Å². The van der Waals surface area contributed by atoms with Crippen molar-refractivity contribution in [2.45, 2.75) is 6.54 Å². The van der Waals surface area contributed by atoms with Crippen molar-refractivity contribution in [1.29, 1.82) is 0 Å². The van der Waals surface area contributed by atoms with E-state index in [-0.39, 0.29) is 0 Å². The van der Waals surface area contributed by atoms with Crippen LogP contribution >= 0.6 is 0 Å². The SMILES string of the molecule is COc1ccccc1-c1ccc(NCc2ccccc2O)cc1. The molecule has 2 N–H and O–H groups in total. The standard InChI is InChI=1S/C20H19NO2/c1-23-20-9-5-3-7-18(20)15-10-12-17(13-11-15)21-14-16-6-2-4-8-19(16)22/h2-13,21-22H,14H2,1H3. The molecule has 23 heavy (non-hydrogen) atoms. The second-order valence-electron chi connectivity index (χ2n) is 5.26. The van der Waals surface area contributed by atoms with Gasteiger partial charge in [-0.1, -0.05) is 48.5 Å². The molecule has 3 heteroatoms. The predicted molar refractivity (Wildman–Crippen MR) is 93.9 cm³/mol. The first-order valence-corrected chi connectivity index (χ1v) is 7.52. The van der Waals surface area contributed by atoms with E-state index in [9.17, 15) is 5.11 Å². The Morgan fingerprint density at radius 3 is 2.30 bits per heavy atom. The third-order valence-electron chi connectivity index (χ3n) is 3.78. The Balaban J connectivity index is 1.74. The molecule has 0 aromatic heterocycles. The molecule has 3 aromatic carbocycles. The number of nitrogens with one attached hydrogen (secondary N) is 1. The van der Waals surface area contributed by atoms with Gasteiger partial charge in [0, 0.05) is 23.4 Å². The van der Waals surface area contributed by atoms with Crippen molar-refractivity contribution in [3.8, 4) is 22.6 Å². The van der Waals surface area contributed by atoms with Gasteiger partial charge in [0.15, 0.2) is 0 Å². The zero-order chi connectivity index (χ0) is 16.1. The Labute approximate surface area is 136 Å². The summed E-state index contributed by atoms with van der Waals surface area (Å²) in [5.74, 6) is 1.17. The fraction of sp³-hybridized carbons (Fsp3) is 0.100. The maximum atomic E-state index is 9.79. The lowest BCUT2D eigenvalue weighted by molar-refractivity contribution is 0.416. The molecule has 0 unspecified atom stereocenters. The molecule has 0 aliphatic rings. The van der Waals surface area contributed by atoms with Gasteiger partial charge in [0.25, 0.3) is 0 Å². The molecular weight excluding hydrogens is 286 g/mol. The van der Waals surface area contributed by atoms with Crippen molar-refractivity contribution in [3.63, 3.8) is 0 Å². The average Bonchev–Trinajstić information content (AvgIpc) is 2.61. The van der Waals surface area contributed by atoms with Crippen LogP contribution in [-0.4, -0.2) is 12.2 Å². The zero-order valence-corrected chi connectivity index (χ0v) is 13.0. The highest BCUT2D eigenvalue weighted by atomic mass is 16.5. The van der Waals surface area contributed by atoms with Gasteiger partial charge in [0.1, 0.15) is 11.5 Å². The van der Waals surface area contributed by atoms with Gasteiger partial charge in [-0.05, 0) is 29.8 Å². The number of aromatic hydroxyl groups is 1. The number of benzene rings is 3. The van der Waals surface area contributed by atoms with E-state index in [1.165, 1.54) is 0 Å². The van der Waals surface area contributed by atoms with Crippen LogP contribution in [-0.2, 0) is 6.54 Å². The molecule has 0 saturated carbocycles. The summed E-state index contributed by atoms with van der Waals surface area (Å²) in [5, 5.41) is 13.1. The third kappa shape index (κ3) is 3.46. The second-order valence-corrected chi connectivity index (χ2v) is 5.26.